The fraction of sp³-hybridized carbons (Fsp3) is 0.167. The van der Waals surface area contributed by atoms with Crippen LogP contribution >= 0.6 is 31.3 Å². The topological polar surface area (TPSA) is 281 Å². The van der Waals surface area contributed by atoms with Gasteiger partial charge in [0.1, 0.15) is 13.1 Å². The second-order valence-electron chi connectivity index (χ2n) is 5.44. The molecule has 16 nitrogen and oxygen atoms in total. The Morgan fingerprint density at radius 1 is 0.656 bits per heavy atom. The van der Waals surface area contributed by atoms with Crippen molar-refractivity contribution in [2.45, 2.75) is 13.1 Å². The molecule has 0 radical (unpaired) electrons. The molecule has 0 aromatic carbocycles. The first-order valence-electron chi connectivity index (χ1n) is 8.27. The van der Waals surface area contributed by atoms with Gasteiger partial charge in [0.15, 0.2) is 24.8 Å². The first-order valence-corrected chi connectivity index (χ1v) is 14.1. The zero-order valence-electron chi connectivity index (χ0n) is 16.1. The maximum Gasteiger partial charge on any atom is 0.280 e. The van der Waals surface area contributed by atoms with Crippen molar-refractivity contribution in [3.63, 3.8) is 0 Å². The highest BCUT2D eigenvalue weighted by Crippen LogP contribution is 2.73. The molecule has 2 aromatic heterocycles. The molecule has 0 saturated carbocycles. The molecule has 0 amide bonds. The van der Waals surface area contributed by atoms with Crippen LogP contribution in [0.1, 0.15) is 11.1 Å². The van der Waals surface area contributed by atoms with E-state index in [1.165, 1.54) is 11.1 Å². The van der Waals surface area contributed by atoms with E-state index in [9.17, 15) is 37.8 Å². The number of hydrogen-bond acceptors (Lipinski definition) is 12. The third kappa shape index (κ3) is 12.2. The van der Waals surface area contributed by atoms with Crippen LogP contribution in [0.2, 0.25) is 0 Å². The monoisotopic (exact) mass is 536 g/mol. The number of aromatic amines is 2. The predicted molar refractivity (Wildman–Crippen MR) is 93.9 cm³/mol. The SMILES string of the molecule is O=P1([O-])OP(=O)([O-])OP(=O)([O-])OP(=O)([O-])O1.[NH3+]Cc1ccc[nH+]c1.[NH3+]Cc1ccc[nH+]c1. The molecule has 3 rings (SSSR count). The normalized spacial score (nSPS) is 32.2. The Balaban J connectivity index is 0.000000267. The predicted octanol–water partition coefficient (Wildman–Crippen LogP) is -3.57. The maximum atomic E-state index is 10.6. The quantitative estimate of drug-likeness (QED) is 0.353. The Morgan fingerprint density at radius 2 is 0.938 bits per heavy atom. The first kappa shape index (κ1) is 28.9. The molecule has 32 heavy (non-hydrogen) atoms. The summed E-state index contributed by atoms with van der Waals surface area (Å²) in [4.78, 5) is 48.2. The Morgan fingerprint density at radius 3 is 1.09 bits per heavy atom. The Kier molecular flexibility index (Phi) is 11.1. The molecule has 20 heteroatoms. The van der Waals surface area contributed by atoms with Crippen LogP contribution in [0.5, 0.6) is 0 Å². The first-order chi connectivity index (χ1) is 14.7. The molecule has 3 heterocycles. The van der Waals surface area contributed by atoms with Crippen LogP contribution in [0.15, 0.2) is 49.1 Å². The summed E-state index contributed by atoms with van der Waals surface area (Å²) in [7, 11) is -23.5. The molecule has 0 atom stereocenters. The van der Waals surface area contributed by atoms with E-state index in [1.54, 1.807) is 0 Å². The zero-order valence-corrected chi connectivity index (χ0v) is 19.7. The van der Waals surface area contributed by atoms with Gasteiger partial charge in [-0.15, -0.1) is 0 Å². The van der Waals surface area contributed by atoms with E-state index in [1.807, 2.05) is 49.1 Å². The number of quaternary nitrogens is 2. The lowest BCUT2D eigenvalue weighted by molar-refractivity contribution is -0.400. The van der Waals surface area contributed by atoms with Crippen LogP contribution in [-0.2, 0) is 48.6 Å². The van der Waals surface area contributed by atoms with Gasteiger partial charge in [0.25, 0.3) is 31.3 Å². The molecule has 1 aliphatic heterocycles. The lowest BCUT2D eigenvalue weighted by atomic mass is 10.3. The minimum Gasteiger partial charge on any atom is -0.756 e. The molecule has 0 aliphatic carbocycles. The molecule has 1 fully saturated rings. The summed E-state index contributed by atoms with van der Waals surface area (Å²) < 4.78 is 54.5. The van der Waals surface area contributed by atoms with Gasteiger partial charge in [-0.05, 0) is 12.1 Å². The summed E-state index contributed by atoms with van der Waals surface area (Å²) in [6, 6.07) is 8.04. The summed E-state index contributed by atoms with van der Waals surface area (Å²) in [6.45, 7) is 1.72. The van der Waals surface area contributed by atoms with Gasteiger partial charge in [0, 0.05) is 12.1 Å². The third-order valence-electron chi connectivity index (χ3n) is 2.92. The van der Waals surface area contributed by atoms with E-state index in [0.717, 1.165) is 13.1 Å². The lowest BCUT2D eigenvalue weighted by Crippen LogP contribution is -2.47. The van der Waals surface area contributed by atoms with E-state index >= 15 is 0 Å². The van der Waals surface area contributed by atoms with Crippen molar-refractivity contribution in [3.8, 4) is 0 Å². The highest BCUT2D eigenvalue weighted by atomic mass is 31.3. The van der Waals surface area contributed by atoms with Crippen molar-refractivity contribution in [2.75, 3.05) is 0 Å². The van der Waals surface area contributed by atoms with Gasteiger partial charge < -0.3 is 31.0 Å². The average Bonchev–Trinajstić information content (AvgIpc) is 2.65. The van der Waals surface area contributed by atoms with Gasteiger partial charge >= 0.3 is 0 Å². The van der Waals surface area contributed by atoms with Crippen molar-refractivity contribution < 1.29 is 76.5 Å². The second kappa shape index (κ2) is 12.3. The highest BCUT2D eigenvalue weighted by Gasteiger charge is 2.35. The van der Waals surface area contributed by atoms with Crippen molar-refractivity contribution in [2.24, 2.45) is 0 Å². The van der Waals surface area contributed by atoms with Crippen molar-refractivity contribution in [1.29, 1.82) is 0 Å². The van der Waals surface area contributed by atoms with Crippen LogP contribution in [0, 0.1) is 0 Å². The number of H-pyrrole nitrogens is 2. The molecule has 0 bridgehead atoms. The molecule has 0 spiro atoms. The number of nitrogens with one attached hydrogen (secondary N) is 2. The number of aromatic nitrogens is 2. The van der Waals surface area contributed by atoms with Crippen LogP contribution < -0.4 is 41.0 Å². The summed E-state index contributed by atoms with van der Waals surface area (Å²) in [5.41, 5.74) is 9.96. The van der Waals surface area contributed by atoms with E-state index < -0.39 is 31.3 Å². The van der Waals surface area contributed by atoms with Crippen molar-refractivity contribution in [1.82, 2.24) is 0 Å². The summed E-state index contributed by atoms with van der Waals surface area (Å²) in [5, 5.41) is 0. The molecule has 180 valence electrons. The summed E-state index contributed by atoms with van der Waals surface area (Å²) >= 11 is 0. The molecular formula is C12H20N4O12P4. The Hall–Kier alpha value is -1.18. The van der Waals surface area contributed by atoms with Gasteiger partial charge in [-0.25, -0.2) is 27.2 Å². The van der Waals surface area contributed by atoms with Crippen molar-refractivity contribution in [3.05, 3.63) is 60.2 Å². The van der Waals surface area contributed by atoms with Crippen LogP contribution in [-0.4, -0.2) is 0 Å². The number of pyridine rings is 2. The molecular weight excluding hydrogens is 516 g/mol. The Bertz CT molecular complexity index is 891. The third-order valence-corrected chi connectivity index (χ3v) is 9.32. The molecule has 8 N–H and O–H groups in total. The smallest absolute Gasteiger partial charge is 0.280 e. The van der Waals surface area contributed by atoms with Gasteiger partial charge in [-0.3, -0.25) is 18.3 Å². The maximum absolute atomic E-state index is 10.6. The summed E-state index contributed by atoms with van der Waals surface area (Å²) in [6.07, 6.45) is 7.68. The van der Waals surface area contributed by atoms with Gasteiger partial charge in [-0.2, -0.15) is 0 Å². The molecule has 2 aromatic rings. The van der Waals surface area contributed by atoms with E-state index in [0.29, 0.717) is 0 Å². The van der Waals surface area contributed by atoms with E-state index in [4.69, 9.17) is 0 Å². The highest BCUT2D eigenvalue weighted by molar-refractivity contribution is 7.73. The van der Waals surface area contributed by atoms with Gasteiger partial charge in [0.05, 0.1) is 11.1 Å². The van der Waals surface area contributed by atoms with Crippen LogP contribution in [0.3, 0.4) is 0 Å². The second-order valence-corrected chi connectivity index (χ2v) is 11.6. The minimum absolute atomic E-state index is 0.858. The zero-order chi connectivity index (χ0) is 24.5. The van der Waals surface area contributed by atoms with Crippen molar-refractivity contribution >= 4 is 31.3 Å². The van der Waals surface area contributed by atoms with Gasteiger partial charge in [0.2, 0.25) is 0 Å². The fourth-order valence-corrected chi connectivity index (χ4v) is 7.19. The van der Waals surface area contributed by atoms with E-state index in [2.05, 4.69) is 38.7 Å². The van der Waals surface area contributed by atoms with Crippen LogP contribution in [0.4, 0.5) is 0 Å². The minimum atomic E-state index is -5.87. The Labute approximate surface area is 181 Å². The number of phosphoric acid groups is 4. The lowest BCUT2D eigenvalue weighted by Gasteiger charge is -2.41. The molecule has 0 unspecified atom stereocenters. The van der Waals surface area contributed by atoms with Gasteiger partial charge in [-0.1, -0.05) is 0 Å². The number of hydrogen-bond donors (Lipinski definition) is 2. The standard InChI is InChI=1S/2C6H8N2.H4O12P4/c2*7-4-6-2-1-3-8-5-6;1-13(2)9-14(3,4)11-16(7,8)12-15(5,6)10-13/h2*1-3,5H,4,7H2;(H,1,2)(H,3,4)(H,5,6)(H,7,8). The number of rotatable bonds is 2. The summed E-state index contributed by atoms with van der Waals surface area (Å²) in [5.74, 6) is 0. The fourth-order valence-electron chi connectivity index (χ4n) is 1.72. The van der Waals surface area contributed by atoms with Crippen LogP contribution in [0.25, 0.3) is 0 Å². The molecule has 1 aliphatic rings. The average molecular weight is 536 g/mol. The van der Waals surface area contributed by atoms with E-state index in [-0.39, 0.29) is 0 Å². The molecule has 1 saturated heterocycles. The largest absolute Gasteiger partial charge is 0.756 e.